The van der Waals surface area contributed by atoms with Crippen LogP contribution in [0, 0.1) is 13.8 Å². The zero-order valence-corrected chi connectivity index (χ0v) is 26.6. The topological polar surface area (TPSA) is 139 Å². The Bertz CT molecular complexity index is 1680. The predicted molar refractivity (Wildman–Crippen MR) is 176 cm³/mol. The number of benzene rings is 4. The molecule has 9 nitrogen and oxygen atoms in total. The number of hydrogen-bond donors (Lipinski definition) is 3. The fourth-order valence-corrected chi connectivity index (χ4v) is 4.35. The van der Waals surface area contributed by atoms with E-state index in [9.17, 15) is 24.3 Å². The molecule has 1 amide bonds. The molecule has 0 fully saturated rings. The van der Waals surface area contributed by atoms with Crippen LogP contribution in [0.2, 0.25) is 0 Å². The van der Waals surface area contributed by atoms with E-state index in [4.69, 9.17) is 14.6 Å². The SMILES string of the molecule is CCOC(=O)c1cc(C(=O)N[C@@H](C)CO)cc(-c2ccc(C)cc2)c1.CCOC(=O)c1cc(C(=O)O)cc(-c2ccc(C)cc2)c1. The largest absolute Gasteiger partial charge is 0.478 e. The van der Waals surface area contributed by atoms with Gasteiger partial charge in [-0.2, -0.15) is 0 Å². The van der Waals surface area contributed by atoms with Crippen LogP contribution in [0.3, 0.4) is 0 Å². The van der Waals surface area contributed by atoms with Crippen molar-refractivity contribution in [2.45, 2.75) is 40.7 Å². The van der Waals surface area contributed by atoms with Gasteiger partial charge < -0.3 is 25.0 Å². The van der Waals surface area contributed by atoms with E-state index in [1.54, 1.807) is 45.0 Å². The van der Waals surface area contributed by atoms with Gasteiger partial charge in [0.25, 0.3) is 5.91 Å². The van der Waals surface area contributed by atoms with E-state index < -0.39 is 17.9 Å². The van der Waals surface area contributed by atoms with Gasteiger partial charge in [-0.15, -0.1) is 0 Å². The van der Waals surface area contributed by atoms with E-state index in [0.717, 1.165) is 27.8 Å². The number of carbonyl (C=O) groups is 4. The Morgan fingerprint density at radius 1 is 0.630 bits per heavy atom. The van der Waals surface area contributed by atoms with Gasteiger partial charge in [0.05, 0.1) is 36.5 Å². The molecule has 240 valence electrons. The Balaban J connectivity index is 0.000000254. The van der Waals surface area contributed by atoms with Crippen molar-refractivity contribution >= 4 is 23.8 Å². The second-order valence-corrected chi connectivity index (χ2v) is 10.6. The number of aliphatic hydroxyl groups excluding tert-OH is 1. The first-order chi connectivity index (χ1) is 21.9. The summed E-state index contributed by atoms with van der Waals surface area (Å²) >= 11 is 0. The summed E-state index contributed by atoms with van der Waals surface area (Å²) in [5.41, 5.74) is 6.41. The Hall–Kier alpha value is -5.28. The third-order valence-electron chi connectivity index (χ3n) is 6.82. The zero-order chi connectivity index (χ0) is 33.8. The molecule has 0 aliphatic rings. The van der Waals surface area contributed by atoms with Gasteiger partial charge in [0.2, 0.25) is 0 Å². The van der Waals surface area contributed by atoms with Crippen LogP contribution in [0.25, 0.3) is 22.3 Å². The minimum atomic E-state index is -1.07. The summed E-state index contributed by atoms with van der Waals surface area (Å²) in [6.45, 7) is 9.46. The van der Waals surface area contributed by atoms with Crippen molar-refractivity contribution in [2.24, 2.45) is 0 Å². The van der Waals surface area contributed by atoms with Gasteiger partial charge in [0, 0.05) is 11.6 Å². The number of hydrogen-bond acceptors (Lipinski definition) is 7. The predicted octanol–water partition coefficient (Wildman–Crippen LogP) is 6.49. The Morgan fingerprint density at radius 2 is 1.02 bits per heavy atom. The first-order valence-corrected chi connectivity index (χ1v) is 14.9. The van der Waals surface area contributed by atoms with Crippen molar-refractivity contribution in [3.05, 3.63) is 118 Å². The average molecular weight is 626 g/mol. The summed E-state index contributed by atoms with van der Waals surface area (Å²) in [5.74, 6) is -2.41. The first-order valence-electron chi connectivity index (χ1n) is 14.9. The van der Waals surface area contributed by atoms with Gasteiger partial charge in [-0.3, -0.25) is 4.79 Å². The van der Waals surface area contributed by atoms with E-state index in [-0.39, 0.29) is 42.9 Å². The molecule has 0 spiro atoms. The lowest BCUT2D eigenvalue weighted by Gasteiger charge is -2.13. The molecule has 0 saturated carbocycles. The molecule has 0 aliphatic carbocycles. The molecule has 0 aliphatic heterocycles. The molecular weight excluding hydrogens is 586 g/mol. The number of ether oxygens (including phenoxy) is 2. The van der Waals surface area contributed by atoms with Crippen LogP contribution < -0.4 is 5.32 Å². The highest BCUT2D eigenvalue weighted by Crippen LogP contribution is 2.25. The molecule has 4 aromatic carbocycles. The smallest absolute Gasteiger partial charge is 0.338 e. The second-order valence-electron chi connectivity index (χ2n) is 10.6. The number of aryl methyl sites for hydroxylation is 2. The Kier molecular flexibility index (Phi) is 12.8. The van der Waals surface area contributed by atoms with Gasteiger partial charge in [0.1, 0.15) is 0 Å². The summed E-state index contributed by atoms with van der Waals surface area (Å²) < 4.78 is 10.0. The molecule has 0 saturated heterocycles. The van der Waals surface area contributed by atoms with E-state index in [2.05, 4.69) is 5.32 Å². The lowest BCUT2D eigenvalue weighted by atomic mass is 9.98. The molecular formula is C37H39NO8. The Labute approximate surface area is 268 Å². The zero-order valence-electron chi connectivity index (χ0n) is 26.6. The summed E-state index contributed by atoms with van der Waals surface area (Å²) in [6.07, 6.45) is 0. The minimum absolute atomic E-state index is 0.0659. The summed E-state index contributed by atoms with van der Waals surface area (Å²) in [7, 11) is 0. The highest BCUT2D eigenvalue weighted by Gasteiger charge is 2.17. The van der Waals surface area contributed by atoms with E-state index >= 15 is 0 Å². The Morgan fingerprint density at radius 3 is 1.41 bits per heavy atom. The molecule has 0 bridgehead atoms. The van der Waals surface area contributed by atoms with E-state index in [0.29, 0.717) is 16.7 Å². The monoisotopic (exact) mass is 625 g/mol. The van der Waals surface area contributed by atoms with Crippen molar-refractivity contribution in [1.29, 1.82) is 0 Å². The van der Waals surface area contributed by atoms with Crippen molar-refractivity contribution in [1.82, 2.24) is 5.32 Å². The summed E-state index contributed by atoms with van der Waals surface area (Å²) in [4.78, 5) is 47.6. The first kappa shape index (κ1) is 35.2. The number of esters is 2. The lowest BCUT2D eigenvalue weighted by Crippen LogP contribution is -2.35. The number of carboxylic acids is 1. The maximum Gasteiger partial charge on any atom is 0.338 e. The van der Waals surface area contributed by atoms with Gasteiger partial charge in [-0.05, 0) is 93.3 Å². The molecule has 0 heterocycles. The number of aromatic carboxylic acids is 1. The molecule has 4 rings (SSSR count). The molecule has 0 aromatic heterocycles. The van der Waals surface area contributed by atoms with Crippen molar-refractivity contribution in [3.8, 4) is 22.3 Å². The average Bonchev–Trinajstić information content (AvgIpc) is 3.05. The fraction of sp³-hybridized carbons (Fsp3) is 0.243. The molecule has 46 heavy (non-hydrogen) atoms. The van der Waals surface area contributed by atoms with E-state index in [1.165, 1.54) is 12.1 Å². The molecule has 0 radical (unpaired) electrons. The van der Waals surface area contributed by atoms with Crippen LogP contribution in [-0.2, 0) is 9.47 Å². The molecule has 4 aromatic rings. The van der Waals surface area contributed by atoms with Crippen molar-refractivity contribution in [3.63, 3.8) is 0 Å². The summed E-state index contributed by atoms with van der Waals surface area (Å²) in [5, 5.41) is 21.0. The fourth-order valence-electron chi connectivity index (χ4n) is 4.35. The quantitative estimate of drug-likeness (QED) is 0.170. The maximum absolute atomic E-state index is 12.4. The highest BCUT2D eigenvalue weighted by atomic mass is 16.5. The van der Waals surface area contributed by atoms with Crippen LogP contribution in [0.4, 0.5) is 0 Å². The maximum atomic E-state index is 12.4. The van der Waals surface area contributed by atoms with Crippen LogP contribution in [0.5, 0.6) is 0 Å². The van der Waals surface area contributed by atoms with Gasteiger partial charge >= 0.3 is 17.9 Å². The third kappa shape index (κ3) is 9.87. The van der Waals surface area contributed by atoms with Gasteiger partial charge in [-0.25, -0.2) is 14.4 Å². The van der Waals surface area contributed by atoms with Crippen LogP contribution in [-0.4, -0.2) is 59.9 Å². The highest BCUT2D eigenvalue weighted by molar-refractivity contribution is 6.00. The number of rotatable bonds is 10. The number of nitrogens with one attached hydrogen (secondary N) is 1. The van der Waals surface area contributed by atoms with Crippen molar-refractivity contribution in [2.75, 3.05) is 19.8 Å². The summed E-state index contributed by atoms with van der Waals surface area (Å²) in [6, 6.07) is 24.6. The third-order valence-corrected chi connectivity index (χ3v) is 6.82. The number of amides is 1. The molecule has 9 heteroatoms. The van der Waals surface area contributed by atoms with Gasteiger partial charge in [-0.1, -0.05) is 59.7 Å². The van der Waals surface area contributed by atoms with Crippen LogP contribution >= 0.6 is 0 Å². The van der Waals surface area contributed by atoms with Crippen LogP contribution in [0.15, 0.2) is 84.9 Å². The number of aliphatic hydroxyl groups is 1. The molecule has 1 atom stereocenters. The number of carboxylic acid groups (broad SMARTS) is 1. The minimum Gasteiger partial charge on any atom is -0.478 e. The second kappa shape index (κ2) is 16.7. The van der Waals surface area contributed by atoms with Crippen LogP contribution in [0.1, 0.15) is 73.3 Å². The van der Waals surface area contributed by atoms with Gasteiger partial charge in [0.15, 0.2) is 0 Å². The number of carbonyl (C=O) groups excluding carboxylic acids is 3. The van der Waals surface area contributed by atoms with E-state index in [1.807, 2.05) is 62.4 Å². The normalized spacial score (nSPS) is 11.0. The lowest BCUT2D eigenvalue weighted by molar-refractivity contribution is 0.0516. The molecule has 3 N–H and O–H groups in total. The standard InChI is InChI=1S/C20H23NO4.C17H16O4/c1-4-25-20(24)18-10-16(15-7-5-13(2)6-8-15)9-17(11-18)19(23)21-14(3)12-22;1-3-21-17(20)15-9-13(8-14(10-15)16(18)19)12-6-4-11(2)5-7-12/h5-11,14,22H,4,12H2,1-3H3,(H,21,23);4-10H,3H2,1-2H3,(H,18,19)/t14-;/m0./s1. The molecule has 0 unspecified atom stereocenters. The van der Waals surface area contributed by atoms with Crippen molar-refractivity contribution < 1.29 is 38.9 Å².